The molecule has 2 aliphatic heterocycles. The molecule has 7 N–H and O–H groups in total. The first kappa shape index (κ1) is 55.1. The van der Waals surface area contributed by atoms with Crippen LogP contribution >= 0.6 is 0 Å². The lowest BCUT2D eigenvalue weighted by atomic mass is 9.98. The molecule has 15 nitrogen and oxygen atoms in total. The van der Waals surface area contributed by atoms with E-state index in [1.165, 1.54) is 44.9 Å². The summed E-state index contributed by atoms with van der Waals surface area (Å²) < 4.78 is 33.4. The van der Waals surface area contributed by atoms with E-state index in [1.54, 1.807) is 0 Å². The Hall–Kier alpha value is -2.02. The first-order valence-corrected chi connectivity index (χ1v) is 23.4. The van der Waals surface area contributed by atoms with Crippen molar-refractivity contribution < 1.29 is 73.8 Å². The number of ether oxygens (including phenoxy) is 6. The van der Waals surface area contributed by atoms with Gasteiger partial charge in [-0.3, -0.25) is 9.59 Å². The predicted molar refractivity (Wildman–Crippen MR) is 229 cm³/mol. The number of aliphatic hydroxyl groups excluding tert-OH is 7. The first-order valence-electron chi connectivity index (χ1n) is 23.4. The molecule has 15 heteroatoms. The Morgan fingerprint density at radius 3 is 1.49 bits per heavy atom. The maximum atomic E-state index is 12.9. The number of allylic oxidation sites excluding steroid dienone is 4. The highest BCUT2D eigenvalue weighted by Gasteiger charge is 2.47. The number of rotatable bonds is 35. The number of unbranched alkanes of at least 4 members (excludes halogenated alkanes) is 17. The maximum Gasteiger partial charge on any atom is 0.306 e. The quantitative estimate of drug-likeness (QED) is 0.0246. The van der Waals surface area contributed by atoms with Crippen LogP contribution in [-0.2, 0) is 38.0 Å². The molecule has 2 heterocycles. The number of hydrogen-bond acceptors (Lipinski definition) is 15. The molecule has 2 rings (SSSR count). The van der Waals surface area contributed by atoms with Crippen LogP contribution < -0.4 is 0 Å². The minimum atomic E-state index is -1.76. The fraction of sp³-hybridized carbons (Fsp3) is 0.870. The van der Waals surface area contributed by atoms with Crippen molar-refractivity contribution in [3.8, 4) is 0 Å². The van der Waals surface area contributed by atoms with E-state index in [1.807, 2.05) is 0 Å². The van der Waals surface area contributed by atoms with Gasteiger partial charge >= 0.3 is 11.9 Å². The second-order valence-electron chi connectivity index (χ2n) is 16.6. The van der Waals surface area contributed by atoms with Crippen molar-refractivity contribution in [3.05, 3.63) is 24.3 Å². The fourth-order valence-corrected chi connectivity index (χ4v) is 7.19. The SMILES string of the molecule is CCCC/C=C\CCCCCCCC(=O)OCC(COC1OC(COC2OC(CO)C(O)C(O)C2O)C(O)C(O)C1O)OC(=O)CCCCCCC/C=C\CCCCCCC. The van der Waals surface area contributed by atoms with Crippen molar-refractivity contribution >= 4 is 11.9 Å². The molecule has 61 heavy (non-hydrogen) atoms. The van der Waals surface area contributed by atoms with Crippen LogP contribution in [0.5, 0.6) is 0 Å². The standard InChI is InChI=1S/C46H82O15/c1-3-5-7-9-11-13-15-16-17-19-21-23-25-27-29-38(49)59-34(31-56-37(48)28-26-24-22-20-18-14-12-10-8-6-4-2)32-57-45-44(55)42(53)40(51)36(61-45)33-58-46-43(54)41(52)39(50)35(30-47)60-46/h10,12,15-16,34-36,39-47,50-55H,3-9,11,13-14,17-33H2,1-2H3/b12-10-,16-15-. The average molecular weight is 875 g/mol. The Morgan fingerprint density at radius 1 is 0.508 bits per heavy atom. The van der Waals surface area contributed by atoms with E-state index >= 15 is 0 Å². The van der Waals surface area contributed by atoms with Crippen molar-refractivity contribution in [2.45, 2.75) is 229 Å². The molecular weight excluding hydrogens is 792 g/mol. The zero-order valence-corrected chi connectivity index (χ0v) is 37.1. The highest BCUT2D eigenvalue weighted by molar-refractivity contribution is 5.70. The molecule has 2 aliphatic rings. The Balaban J connectivity index is 1.86. The molecule has 2 saturated heterocycles. The van der Waals surface area contributed by atoms with Crippen LogP contribution in [0.2, 0.25) is 0 Å². The van der Waals surface area contributed by atoms with E-state index in [-0.39, 0.29) is 26.1 Å². The number of carbonyl (C=O) groups excluding carboxylic acids is 2. The van der Waals surface area contributed by atoms with Crippen LogP contribution in [-0.4, -0.2) is 142 Å². The van der Waals surface area contributed by atoms with Crippen LogP contribution in [0.1, 0.15) is 162 Å². The smallest absolute Gasteiger partial charge is 0.306 e. The van der Waals surface area contributed by atoms with Crippen molar-refractivity contribution in [2.75, 3.05) is 26.4 Å². The summed E-state index contributed by atoms with van der Waals surface area (Å²) in [6, 6.07) is 0. The molecule has 0 aromatic rings. The first-order chi connectivity index (χ1) is 29.5. The zero-order valence-electron chi connectivity index (χ0n) is 37.1. The third-order valence-corrected chi connectivity index (χ3v) is 11.2. The maximum absolute atomic E-state index is 12.9. The molecule has 2 fully saturated rings. The molecule has 0 aromatic carbocycles. The molecule has 0 radical (unpaired) electrons. The molecular formula is C46H82O15. The monoisotopic (exact) mass is 875 g/mol. The van der Waals surface area contributed by atoms with Crippen LogP contribution in [0, 0.1) is 0 Å². The average Bonchev–Trinajstić information content (AvgIpc) is 3.25. The van der Waals surface area contributed by atoms with Gasteiger partial charge in [-0.25, -0.2) is 0 Å². The van der Waals surface area contributed by atoms with Gasteiger partial charge < -0.3 is 64.2 Å². The van der Waals surface area contributed by atoms with Crippen LogP contribution in [0.3, 0.4) is 0 Å². The van der Waals surface area contributed by atoms with Crippen LogP contribution in [0.4, 0.5) is 0 Å². The number of carbonyl (C=O) groups is 2. The summed E-state index contributed by atoms with van der Waals surface area (Å²) in [4.78, 5) is 25.6. The lowest BCUT2D eigenvalue weighted by Gasteiger charge is -2.42. The molecule has 0 bridgehead atoms. The van der Waals surface area contributed by atoms with E-state index in [2.05, 4.69) is 38.2 Å². The van der Waals surface area contributed by atoms with E-state index in [0.717, 1.165) is 77.0 Å². The van der Waals surface area contributed by atoms with Gasteiger partial charge in [0.2, 0.25) is 0 Å². The Labute approximate surface area is 364 Å². The zero-order chi connectivity index (χ0) is 44.7. The van der Waals surface area contributed by atoms with Crippen molar-refractivity contribution in [1.82, 2.24) is 0 Å². The molecule has 0 spiro atoms. The third kappa shape index (κ3) is 23.5. The lowest BCUT2D eigenvalue weighted by molar-refractivity contribution is -0.332. The second kappa shape index (κ2) is 34.4. The minimum absolute atomic E-state index is 0.155. The molecule has 0 saturated carbocycles. The molecule has 11 unspecified atom stereocenters. The third-order valence-electron chi connectivity index (χ3n) is 11.2. The molecule has 0 aromatic heterocycles. The highest BCUT2D eigenvalue weighted by Crippen LogP contribution is 2.26. The minimum Gasteiger partial charge on any atom is -0.462 e. The van der Waals surface area contributed by atoms with Crippen LogP contribution in [0.15, 0.2) is 24.3 Å². The van der Waals surface area contributed by atoms with Gasteiger partial charge in [-0.15, -0.1) is 0 Å². The number of aliphatic hydroxyl groups is 7. The van der Waals surface area contributed by atoms with Crippen molar-refractivity contribution in [2.24, 2.45) is 0 Å². The molecule has 11 atom stereocenters. The van der Waals surface area contributed by atoms with Gasteiger partial charge in [0.25, 0.3) is 0 Å². The summed E-state index contributed by atoms with van der Waals surface area (Å²) in [5, 5.41) is 71.8. The van der Waals surface area contributed by atoms with Gasteiger partial charge in [0, 0.05) is 12.8 Å². The lowest BCUT2D eigenvalue weighted by Crippen LogP contribution is -2.61. The summed E-state index contributed by atoms with van der Waals surface area (Å²) in [5.74, 6) is -0.947. The van der Waals surface area contributed by atoms with Gasteiger partial charge in [-0.05, 0) is 57.8 Å². The summed E-state index contributed by atoms with van der Waals surface area (Å²) in [6.45, 7) is 2.50. The Bertz CT molecular complexity index is 1170. The van der Waals surface area contributed by atoms with Gasteiger partial charge in [-0.1, -0.05) is 115 Å². The highest BCUT2D eigenvalue weighted by atomic mass is 16.7. The fourth-order valence-electron chi connectivity index (χ4n) is 7.19. The topological polar surface area (TPSA) is 231 Å². The molecule has 0 amide bonds. The predicted octanol–water partition coefficient (Wildman–Crippen LogP) is 5.21. The van der Waals surface area contributed by atoms with E-state index in [0.29, 0.717) is 12.8 Å². The van der Waals surface area contributed by atoms with E-state index in [4.69, 9.17) is 28.4 Å². The van der Waals surface area contributed by atoms with Gasteiger partial charge in [0.05, 0.1) is 19.8 Å². The van der Waals surface area contributed by atoms with Crippen LogP contribution in [0.25, 0.3) is 0 Å². The van der Waals surface area contributed by atoms with Gasteiger partial charge in [0.15, 0.2) is 18.7 Å². The molecule has 0 aliphatic carbocycles. The second-order valence-corrected chi connectivity index (χ2v) is 16.6. The number of hydrogen-bond donors (Lipinski definition) is 7. The summed E-state index contributed by atoms with van der Waals surface area (Å²) in [6.07, 6.45) is 15.1. The summed E-state index contributed by atoms with van der Waals surface area (Å²) >= 11 is 0. The Kier molecular flexibility index (Phi) is 31.1. The van der Waals surface area contributed by atoms with Gasteiger partial charge in [0.1, 0.15) is 55.4 Å². The number of esters is 2. The summed E-state index contributed by atoms with van der Waals surface area (Å²) in [7, 11) is 0. The molecule has 356 valence electrons. The normalized spacial score (nSPS) is 27.5. The summed E-state index contributed by atoms with van der Waals surface area (Å²) in [5.41, 5.74) is 0. The van der Waals surface area contributed by atoms with Crippen molar-refractivity contribution in [1.29, 1.82) is 0 Å². The van der Waals surface area contributed by atoms with E-state index < -0.39 is 92.7 Å². The Morgan fingerprint density at radius 2 is 0.951 bits per heavy atom. The van der Waals surface area contributed by atoms with Crippen molar-refractivity contribution in [3.63, 3.8) is 0 Å². The largest absolute Gasteiger partial charge is 0.462 e. The van der Waals surface area contributed by atoms with E-state index in [9.17, 15) is 45.3 Å². The van der Waals surface area contributed by atoms with Gasteiger partial charge in [-0.2, -0.15) is 0 Å².